The number of pyridine rings is 1. The molecule has 1 atom stereocenters. The van der Waals surface area contributed by atoms with E-state index in [2.05, 4.69) is 17.2 Å². The van der Waals surface area contributed by atoms with Crippen LogP contribution in [0.1, 0.15) is 48.5 Å². The van der Waals surface area contributed by atoms with Gasteiger partial charge in [0.05, 0.1) is 25.5 Å². The summed E-state index contributed by atoms with van der Waals surface area (Å²) >= 11 is 0. The molecule has 3 rings (SSSR count). The zero-order chi connectivity index (χ0) is 19.9. The first-order valence-corrected chi connectivity index (χ1v) is 9.87. The fourth-order valence-corrected chi connectivity index (χ4v) is 3.71. The number of rotatable bonds is 7. The van der Waals surface area contributed by atoms with Crippen LogP contribution in [-0.4, -0.2) is 42.6 Å². The van der Waals surface area contributed by atoms with Crippen molar-refractivity contribution in [1.82, 2.24) is 9.88 Å². The number of likely N-dealkylation sites (tertiary alicyclic amines) is 1. The Labute approximate surface area is 166 Å². The monoisotopic (exact) mass is 383 g/mol. The first-order valence-electron chi connectivity index (χ1n) is 9.87. The van der Waals surface area contributed by atoms with Crippen molar-refractivity contribution in [3.8, 4) is 11.5 Å². The Morgan fingerprint density at radius 1 is 1.18 bits per heavy atom. The highest BCUT2D eigenvalue weighted by atomic mass is 16.5. The van der Waals surface area contributed by atoms with Gasteiger partial charge in [-0.05, 0) is 49.4 Å². The molecule has 1 saturated heterocycles. The number of ether oxygens (including phenoxy) is 2. The molecule has 0 radical (unpaired) electrons. The molecular weight excluding hydrogens is 354 g/mol. The third kappa shape index (κ3) is 4.55. The van der Waals surface area contributed by atoms with E-state index < -0.39 is 0 Å². The molecule has 1 aliphatic heterocycles. The molecule has 2 heterocycles. The highest BCUT2D eigenvalue weighted by Gasteiger charge is 2.26. The van der Waals surface area contributed by atoms with E-state index in [1.165, 1.54) is 6.42 Å². The number of nitrogens with zero attached hydrogens (tertiary/aromatic N) is 2. The summed E-state index contributed by atoms with van der Waals surface area (Å²) in [5.41, 5.74) is 2.51. The van der Waals surface area contributed by atoms with Gasteiger partial charge in [0.25, 0.3) is 5.91 Å². The van der Waals surface area contributed by atoms with Crippen LogP contribution in [0.25, 0.3) is 0 Å². The van der Waals surface area contributed by atoms with E-state index in [9.17, 15) is 4.79 Å². The summed E-state index contributed by atoms with van der Waals surface area (Å²) in [6.45, 7) is 3.58. The van der Waals surface area contributed by atoms with E-state index in [0.717, 1.165) is 37.1 Å². The van der Waals surface area contributed by atoms with Crippen LogP contribution >= 0.6 is 0 Å². The zero-order valence-corrected chi connectivity index (χ0v) is 16.9. The number of methoxy groups -OCH3 is 2. The number of hydrogen-bond acceptors (Lipinski definition) is 5. The number of piperidine rings is 1. The Morgan fingerprint density at radius 2 is 2.00 bits per heavy atom. The van der Waals surface area contributed by atoms with E-state index >= 15 is 0 Å². The van der Waals surface area contributed by atoms with Crippen molar-refractivity contribution in [1.29, 1.82) is 0 Å². The van der Waals surface area contributed by atoms with Gasteiger partial charge in [0.15, 0.2) is 11.5 Å². The van der Waals surface area contributed by atoms with E-state index in [1.54, 1.807) is 26.6 Å². The summed E-state index contributed by atoms with van der Waals surface area (Å²) in [7, 11) is 3.24. The highest BCUT2D eigenvalue weighted by molar-refractivity contribution is 5.95. The molecule has 1 fully saturated rings. The molecule has 28 heavy (non-hydrogen) atoms. The maximum Gasteiger partial charge on any atom is 0.255 e. The summed E-state index contributed by atoms with van der Waals surface area (Å²) in [5.74, 6) is 1.47. The number of amides is 1. The lowest BCUT2D eigenvalue weighted by Gasteiger charge is -2.35. The van der Waals surface area contributed by atoms with Crippen molar-refractivity contribution in [2.75, 3.05) is 26.1 Å². The molecule has 1 aromatic carbocycles. The summed E-state index contributed by atoms with van der Waals surface area (Å²) < 4.78 is 10.6. The minimum atomic E-state index is 0.0776. The minimum Gasteiger partial charge on any atom is -0.493 e. The maximum absolute atomic E-state index is 13.0. The lowest BCUT2D eigenvalue weighted by Crippen LogP contribution is -2.43. The van der Waals surface area contributed by atoms with Crippen LogP contribution in [0.2, 0.25) is 0 Å². The number of nitrogens with one attached hydrogen (secondary N) is 1. The second kappa shape index (κ2) is 9.44. The van der Waals surface area contributed by atoms with Gasteiger partial charge in [-0.1, -0.05) is 13.0 Å². The van der Waals surface area contributed by atoms with E-state index in [1.807, 2.05) is 29.2 Å². The SMILES string of the molecule is CCC1CCCCN1C(=O)c1cncc(NCc2ccc(OC)c(OC)c2)c1. The minimum absolute atomic E-state index is 0.0776. The van der Waals surface area contributed by atoms with Crippen molar-refractivity contribution in [3.63, 3.8) is 0 Å². The van der Waals surface area contributed by atoms with Gasteiger partial charge < -0.3 is 19.7 Å². The molecular formula is C22H29N3O3. The van der Waals surface area contributed by atoms with Crippen molar-refractivity contribution in [3.05, 3.63) is 47.8 Å². The first-order chi connectivity index (χ1) is 13.7. The van der Waals surface area contributed by atoms with Gasteiger partial charge >= 0.3 is 0 Å². The molecule has 1 aromatic heterocycles. The largest absolute Gasteiger partial charge is 0.493 e. The summed E-state index contributed by atoms with van der Waals surface area (Å²) in [6.07, 6.45) is 7.76. The Kier molecular flexibility index (Phi) is 6.74. The number of anilines is 1. The molecule has 2 aromatic rings. The molecule has 1 unspecified atom stereocenters. The average Bonchev–Trinajstić information content (AvgIpc) is 2.77. The Hall–Kier alpha value is -2.76. The van der Waals surface area contributed by atoms with Crippen molar-refractivity contribution in [2.45, 2.75) is 45.2 Å². The summed E-state index contributed by atoms with van der Waals surface area (Å²) in [4.78, 5) is 19.3. The van der Waals surface area contributed by atoms with Gasteiger partial charge in [-0.25, -0.2) is 0 Å². The quantitative estimate of drug-likeness (QED) is 0.779. The molecule has 0 spiro atoms. The van der Waals surface area contributed by atoms with Crippen molar-refractivity contribution < 1.29 is 14.3 Å². The molecule has 0 saturated carbocycles. The first kappa shape index (κ1) is 20.0. The lowest BCUT2D eigenvalue weighted by molar-refractivity contribution is 0.0607. The molecule has 1 N–H and O–H groups in total. The fraction of sp³-hybridized carbons (Fsp3) is 0.455. The number of carbonyl (C=O) groups excluding carboxylic acids is 1. The highest BCUT2D eigenvalue weighted by Crippen LogP contribution is 2.28. The van der Waals surface area contributed by atoms with Crippen LogP contribution in [0.4, 0.5) is 5.69 Å². The number of hydrogen-bond donors (Lipinski definition) is 1. The van der Waals surface area contributed by atoms with Gasteiger partial charge in [-0.3, -0.25) is 9.78 Å². The normalized spacial score (nSPS) is 16.5. The van der Waals surface area contributed by atoms with Crippen molar-refractivity contribution in [2.24, 2.45) is 0 Å². The second-order valence-corrected chi connectivity index (χ2v) is 7.06. The van der Waals surface area contributed by atoms with E-state index in [0.29, 0.717) is 29.6 Å². The molecule has 6 heteroatoms. The number of benzene rings is 1. The third-order valence-electron chi connectivity index (χ3n) is 5.29. The van der Waals surface area contributed by atoms with Crippen LogP contribution in [-0.2, 0) is 6.54 Å². The van der Waals surface area contributed by atoms with Gasteiger partial charge in [0.1, 0.15) is 0 Å². The molecule has 6 nitrogen and oxygen atoms in total. The Morgan fingerprint density at radius 3 is 2.75 bits per heavy atom. The second-order valence-electron chi connectivity index (χ2n) is 7.06. The van der Waals surface area contributed by atoms with Crippen LogP contribution in [0.3, 0.4) is 0 Å². The van der Waals surface area contributed by atoms with Crippen LogP contribution in [0.15, 0.2) is 36.7 Å². The maximum atomic E-state index is 13.0. The van der Waals surface area contributed by atoms with E-state index in [4.69, 9.17) is 9.47 Å². The van der Waals surface area contributed by atoms with Gasteiger partial charge in [0, 0.05) is 31.5 Å². The molecule has 1 amide bonds. The molecule has 150 valence electrons. The van der Waals surface area contributed by atoms with Crippen LogP contribution in [0.5, 0.6) is 11.5 Å². The van der Waals surface area contributed by atoms with Gasteiger partial charge in [-0.15, -0.1) is 0 Å². The van der Waals surface area contributed by atoms with Crippen LogP contribution in [0, 0.1) is 0 Å². The van der Waals surface area contributed by atoms with E-state index in [-0.39, 0.29) is 5.91 Å². The standard InChI is InChI=1S/C22H29N3O3/c1-4-19-7-5-6-10-25(19)22(26)17-12-18(15-23-14-17)24-13-16-8-9-20(27-2)21(11-16)28-3/h8-9,11-12,14-15,19,24H,4-7,10,13H2,1-3H3. The topological polar surface area (TPSA) is 63.7 Å². The number of carbonyl (C=O) groups is 1. The molecule has 0 bridgehead atoms. The molecule has 0 aliphatic carbocycles. The van der Waals surface area contributed by atoms with Crippen LogP contribution < -0.4 is 14.8 Å². The summed E-state index contributed by atoms with van der Waals surface area (Å²) in [5, 5.41) is 3.34. The lowest BCUT2D eigenvalue weighted by atomic mass is 9.99. The smallest absolute Gasteiger partial charge is 0.255 e. The average molecular weight is 383 g/mol. The Balaban J connectivity index is 1.69. The van der Waals surface area contributed by atoms with Crippen molar-refractivity contribution >= 4 is 11.6 Å². The zero-order valence-electron chi connectivity index (χ0n) is 16.9. The predicted molar refractivity (Wildman–Crippen MR) is 110 cm³/mol. The summed E-state index contributed by atoms with van der Waals surface area (Å²) in [6, 6.07) is 8.03. The van der Waals surface area contributed by atoms with Gasteiger partial charge in [-0.2, -0.15) is 0 Å². The van der Waals surface area contributed by atoms with Gasteiger partial charge in [0.2, 0.25) is 0 Å². The third-order valence-corrected chi connectivity index (χ3v) is 5.29. The molecule has 1 aliphatic rings. The Bertz CT molecular complexity index is 809. The predicted octanol–water partition coefficient (Wildman–Crippen LogP) is 4.12. The number of aromatic nitrogens is 1. The fourth-order valence-electron chi connectivity index (χ4n) is 3.71.